The summed E-state index contributed by atoms with van der Waals surface area (Å²) in [5.41, 5.74) is 6.06. The van der Waals surface area contributed by atoms with Crippen molar-refractivity contribution in [2.24, 2.45) is 5.10 Å². The highest BCUT2D eigenvalue weighted by atomic mass is 35.5. The topological polar surface area (TPSA) is 66.7 Å². The maximum atomic E-state index is 11.9. The Hall–Kier alpha value is -2.60. The van der Waals surface area contributed by atoms with E-state index in [1.54, 1.807) is 0 Å². The fourth-order valence-electron chi connectivity index (χ4n) is 2.79. The number of hydrogen-bond acceptors (Lipinski definition) is 3. The van der Waals surface area contributed by atoms with E-state index in [-0.39, 0.29) is 0 Å². The van der Waals surface area contributed by atoms with Crippen LogP contribution in [0.1, 0.15) is 30.8 Å². The van der Waals surface area contributed by atoms with Gasteiger partial charge in [-0.15, -0.1) is 0 Å². The molecule has 2 amide bonds. The van der Waals surface area contributed by atoms with Crippen molar-refractivity contribution in [1.29, 1.82) is 0 Å². The van der Waals surface area contributed by atoms with Crippen molar-refractivity contribution >= 4 is 29.6 Å². The predicted octanol–water partition coefficient (Wildman–Crippen LogP) is 3.07. The molecule has 0 spiro atoms. The number of aromatic nitrogens is 1. The van der Waals surface area contributed by atoms with Crippen LogP contribution in [0.3, 0.4) is 0 Å². The molecule has 0 radical (unpaired) electrons. The minimum atomic E-state index is -0.742. The zero-order valence-corrected chi connectivity index (χ0v) is 16.2. The second-order valence-electron chi connectivity index (χ2n) is 5.82. The van der Waals surface area contributed by atoms with Crippen LogP contribution in [-0.4, -0.2) is 40.6 Å². The van der Waals surface area contributed by atoms with Gasteiger partial charge in [0.15, 0.2) is 0 Å². The number of carbonyl (C=O) groups is 2. The number of carbonyl (C=O) groups excluding carboxylic acids is 2. The first-order valence-electron chi connectivity index (χ1n) is 8.46. The molecule has 2 rings (SSSR count). The van der Waals surface area contributed by atoms with Crippen molar-refractivity contribution in [2.75, 3.05) is 13.1 Å². The van der Waals surface area contributed by atoms with E-state index in [0.717, 1.165) is 22.6 Å². The quantitative estimate of drug-likeness (QED) is 0.496. The summed E-state index contributed by atoms with van der Waals surface area (Å²) < 4.78 is 2.05. The number of nitrogens with one attached hydrogen (secondary N) is 1. The lowest BCUT2D eigenvalue weighted by Crippen LogP contribution is -2.41. The summed E-state index contributed by atoms with van der Waals surface area (Å²) in [6, 6.07) is 9.52. The normalized spacial score (nSPS) is 11.0. The van der Waals surface area contributed by atoms with E-state index in [2.05, 4.69) is 15.1 Å². The van der Waals surface area contributed by atoms with Crippen LogP contribution in [0.5, 0.6) is 0 Å². The zero-order chi connectivity index (χ0) is 19.3. The third kappa shape index (κ3) is 4.32. The van der Waals surface area contributed by atoms with Crippen LogP contribution in [-0.2, 0) is 9.59 Å². The first-order chi connectivity index (χ1) is 12.4. The Balaban J connectivity index is 2.16. The van der Waals surface area contributed by atoms with Crippen molar-refractivity contribution in [3.05, 3.63) is 52.3 Å². The molecule has 1 heterocycles. The summed E-state index contributed by atoms with van der Waals surface area (Å²) in [5.74, 6) is -1.33. The Labute approximate surface area is 158 Å². The van der Waals surface area contributed by atoms with Gasteiger partial charge in [-0.1, -0.05) is 17.7 Å². The van der Waals surface area contributed by atoms with E-state index < -0.39 is 11.8 Å². The molecule has 7 heteroatoms. The van der Waals surface area contributed by atoms with Crippen molar-refractivity contribution in [3.63, 3.8) is 0 Å². The molecule has 0 atom stereocenters. The standard InChI is InChI=1S/C19H23ClN4O2/c1-5-23(6-2)19(26)18(25)22-21-12-15-10-13(3)24(14(15)4)17-9-7-8-16(20)11-17/h7-12H,5-6H2,1-4H3,(H,22,25)/b21-12-. The summed E-state index contributed by atoms with van der Waals surface area (Å²) >= 11 is 6.08. The van der Waals surface area contributed by atoms with Crippen molar-refractivity contribution in [3.8, 4) is 5.69 Å². The Morgan fingerprint density at radius 3 is 2.54 bits per heavy atom. The van der Waals surface area contributed by atoms with Crippen molar-refractivity contribution in [1.82, 2.24) is 14.9 Å². The van der Waals surface area contributed by atoms with E-state index >= 15 is 0 Å². The van der Waals surface area contributed by atoms with Gasteiger partial charge in [-0.05, 0) is 52.0 Å². The SMILES string of the molecule is CCN(CC)C(=O)C(=O)N/N=C\c1cc(C)n(-c2cccc(Cl)c2)c1C. The molecule has 1 aromatic carbocycles. The van der Waals surface area contributed by atoms with Crippen molar-refractivity contribution < 1.29 is 9.59 Å². The highest BCUT2D eigenvalue weighted by Crippen LogP contribution is 2.22. The first-order valence-corrected chi connectivity index (χ1v) is 8.84. The molecule has 6 nitrogen and oxygen atoms in total. The van der Waals surface area contributed by atoms with Gasteiger partial charge in [0.2, 0.25) is 0 Å². The minimum absolute atomic E-state index is 0.479. The molecule has 0 aliphatic rings. The molecule has 0 bridgehead atoms. The first kappa shape index (κ1) is 19.7. The van der Waals surface area contributed by atoms with Gasteiger partial charge in [0.1, 0.15) is 0 Å². The number of hydrazone groups is 1. The summed E-state index contributed by atoms with van der Waals surface area (Å²) in [6.45, 7) is 8.54. The summed E-state index contributed by atoms with van der Waals surface area (Å²) in [5, 5.41) is 4.59. The van der Waals surface area contributed by atoms with Crippen LogP contribution in [0.25, 0.3) is 5.69 Å². The molecule has 26 heavy (non-hydrogen) atoms. The van der Waals surface area contributed by atoms with Gasteiger partial charge < -0.3 is 9.47 Å². The highest BCUT2D eigenvalue weighted by molar-refractivity contribution is 6.35. The van der Waals surface area contributed by atoms with Gasteiger partial charge in [-0.25, -0.2) is 5.43 Å². The fraction of sp³-hybridized carbons (Fsp3) is 0.316. The lowest BCUT2D eigenvalue weighted by molar-refractivity contribution is -0.145. The number of nitrogens with zero attached hydrogens (tertiary/aromatic N) is 3. The van der Waals surface area contributed by atoms with Gasteiger partial charge in [0, 0.05) is 40.8 Å². The van der Waals surface area contributed by atoms with Crippen LogP contribution in [0.2, 0.25) is 5.02 Å². The highest BCUT2D eigenvalue weighted by Gasteiger charge is 2.18. The third-order valence-electron chi connectivity index (χ3n) is 4.15. The van der Waals surface area contributed by atoms with Gasteiger partial charge in [-0.2, -0.15) is 5.10 Å². The van der Waals surface area contributed by atoms with Crippen molar-refractivity contribution in [2.45, 2.75) is 27.7 Å². The average molecular weight is 375 g/mol. The van der Waals surface area contributed by atoms with E-state index in [1.807, 2.05) is 58.0 Å². The Morgan fingerprint density at radius 1 is 1.23 bits per heavy atom. The molecule has 0 saturated heterocycles. The molecular formula is C19H23ClN4O2. The minimum Gasteiger partial charge on any atom is -0.335 e. The number of hydrogen-bond donors (Lipinski definition) is 1. The number of aryl methyl sites for hydroxylation is 1. The number of rotatable bonds is 5. The zero-order valence-electron chi connectivity index (χ0n) is 15.4. The van der Waals surface area contributed by atoms with E-state index in [4.69, 9.17) is 11.6 Å². The molecule has 1 aromatic heterocycles. The summed E-state index contributed by atoms with van der Waals surface area (Å²) in [6.07, 6.45) is 1.54. The van der Waals surface area contributed by atoms with E-state index in [9.17, 15) is 9.59 Å². The monoisotopic (exact) mass is 374 g/mol. The van der Waals surface area contributed by atoms with Crippen LogP contribution < -0.4 is 5.43 Å². The molecule has 0 unspecified atom stereocenters. The van der Waals surface area contributed by atoms with Crippen LogP contribution >= 0.6 is 11.6 Å². The van der Waals surface area contributed by atoms with Crippen LogP contribution in [0.4, 0.5) is 0 Å². The molecule has 138 valence electrons. The van der Waals surface area contributed by atoms with Gasteiger partial charge in [0.05, 0.1) is 6.21 Å². The maximum Gasteiger partial charge on any atom is 0.329 e. The average Bonchev–Trinajstić information content (AvgIpc) is 2.89. The second kappa shape index (κ2) is 8.67. The molecule has 0 aliphatic carbocycles. The lowest BCUT2D eigenvalue weighted by atomic mass is 10.2. The Bertz CT molecular complexity index is 838. The number of likely N-dealkylation sites (N-methyl/N-ethyl adjacent to an activating group) is 1. The third-order valence-corrected chi connectivity index (χ3v) is 4.39. The molecule has 1 N–H and O–H groups in total. The number of benzene rings is 1. The van der Waals surface area contributed by atoms with Crippen LogP contribution in [0.15, 0.2) is 35.4 Å². The van der Waals surface area contributed by atoms with E-state index in [0.29, 0.717) is 18.1 Å². The number of amides is 2. The van der Waals surface area contributed by atoms with Gasteiger partial charge >= 0.3 is 11.8 Å². The largest absolute Gasteiger partial charge is 0.335 e. The molecule has 2 aromatic rings. The van der Waals surface area contributed by atoms with Gasteiger partial charge in [-0.3, -0.25) is 9.59 Å². The number of halogens is 1. The fourth-order valence-corrected chi connectivity index (χ4v) is 2.98. The predicted molar refractivity (Wildman–Crippen MR) is 104 cm³/mol. The Kier molecular flexibility index (Phi) is 6.58. The smallest absolute Gasteiger partial charge is 0.329 e. The lowest BCUT2D eigenvalue weighted by Gasteiger charge is -2.16. The maximum absolute atomic E-state index is 11.9. The summed E-state index contributed by atoms with van der Waals surface area (Å²) in [4.78, 5) is 25.2. The molecular weight excluding hydrogens is 352 g/mol. The Morgan fingerprint density at radius 2 is 1.92 bits per heavy atom. The molecule has 0 fully saturated rings. The molecule has 0 aliphatic heterocycles. The second-order valence-corrected chi connectivity index (χ2v) is 6.25. The summed E-state index contributed by atoms with van der Waals surface area (Å²) in [7, 11) is 0. The van der Waals surface area contributed by atoms with Crippen LogP contribution in [0, 0.1) is 13.8 Å². The van der Waals surface area contributed by atoms with Gasteiger partial charge in [0.25, 0.3) is 0 Å². The molecule has 0 saturated carbocycles. The van der Waals surface area contributed by atoms with E-state index in [1.165, 1.54) is 11.1 Å².